The molecule has 0 saturated carbocycles. The summed E-state index contributed by atoms with van der Waals surface area (Å²) in [6.45, 7) is 4.31. The average molecular weight is 407 g/mol. The number of nitrogens with one attached hydrogen (secondary N) is 2. The molecule has 5 nitrogen and oxygen atoms in total. The molecular formula is C23H22N2O3S. The zero-order chi connectivity index (χ0) is 20.6. The lowest BCUT2D eigenvalue weighted by atomic mass is 10.1. The number of hydrogen-bond acceptors (Lipinski definition) is 4. The largest absolute Gasteiger partial charge is 0.492 e. The fourth-order valence-corrected chi connectivity index (χ4v) is 3.27. The molecule has 6 heteroatoms. The molecule has 0 bridgehead atoms. The van der Waals surface area contributed by atoms with Crippen molar-refractivity contribution in [2.24, 2.45) is 0 Å². The number of thiophene rings is 1. The van der Waals surface area contributed by atoms with Crippen molar-refractivity contribution < 1.29 is 14.3 Å². The van der Waals surface area contributed by atoms with Crippen LogP contribution in [0.25, 0.3) is 6.08 Å². The number of ether oxygens (including phenoxy) is 1. The minimum absolute atomic E-state index is 0.157. The number of anilines is 1. The Balaban J connectivity index is 1.85. The van der Waals surface area contributed by atoms with Crippen molar-refractivity contribution in [1.29, 1.82) is 0 Å². The molecule has 0 aliphatic heterocycles. The minimum Gasteiger partial charge on any atom is -0.492 e. The van der Waals surface area contributed by atoms with Crippen LogP contribution in [-0.4, -0.2) is 18.4 Å². The van der Waals surface area contributed by atoms with Gasteiger partial charge in [-0.15, -0.1) is 11.3 Å². The van der Waals surface area contributed by atoms with Gasteiger partial charge in [0, 0.05) is 10.4 Å². The minimum atomic E-state index is -0.425. The van der Waals surface area contributed by atoms with Gasteiger partial charge >= 0.3 is 0 Å². The van der Waals surface area contributed by atoms with Gasteiger partial charge in [0.05, 0.1) is 12.3 Å². The van der Waals surface area contributed by atoms with Crippen LogP contribution >= 0.6 is 11.3 Å². The number of carbonyl (C=O) groups is 2. The monoisotopic (exact) mass is 406 g/mol. The molecule has 0 radical (unpaired) electrons. The van der Waals surface area contributed by atoms with Gasteiger partial charge in [-0.05, 0) is 55.6 Å². The number of hydrogen-bond donors (Lipinski definition) is 2. The lowest BCUT2D eigenvalue weighted by Crippen LogP contribution is -2.30. The van der Waals surface area contributed by atoms with E-state index in [0.29, 0.717) is 23.6 Å². The topological polar surface area (TPSA) is 67.4 Å². The van der Waals surface area contributed by atoms with Gasteiger partial charge in [-0.2, -0.15) is 0 Å². The predicted molar refractivity (Wildman–Crippen MR) is 117 cm³/mol. The van der Waals surface area contributed by atoms with Crippen LogP contribution in [0.1, 0.15) is 27.7 Å². The molecular weight excluding hydrogens is 384 g/mol. The van der Waals surface area contributed by atoms with E-state index in [9.17, 15) is 9.59 Å². The maximum atomic E-state index is 13.0. The molecule has 1 heterocycles. The summed E-state index contributed by atoms with van der Waals surface area (Å²) in [5.41, 5.74) is 2.24. The third-order valence-electron chi connectivity index (χ3n) is 4.07. The van der Waals surface area contributed by atoms with Crippen LogP contribution in [-0.2, 0) is 4.79 Å². The highest BCUT2D eigenvalue weighted by atomic mass is 32.1. The van der Waals surface area contributed by atoms with Crippen molar-refractivity contribution in [3.8, 4) is 5.75 Å². The average Bonchev–Trinajstić information content (AvgIpc) is 3.23. The Morgan fingerprint density at radius 2 is 1.79 bits per heavy atom. The van der Waals surface area contributed by atoms with Crippen LogP contribution in [0.15, 0.2) is 71.7 Å². The van der Waals surface area contributed by atoms with E-state index in [1.54, 1.807) is 30.3 Å². The third-order valence-corrected chi connectivity index (χ3v) is 4.89. The molecule has 3 rings (SSSR count). The lowest BCUT2D eigenvalue weighted by Gasteiger charge is -2.14. The first-order valence-corrected chi connectivity index (χ1v) is 10.1. The van der Waals surface area contributed by atoms with E-state index < -0.39 is 5.91 Å². The highest BCUT2D eigenvalue weighted by molar-refractivity contribution is 7.10. The van der Waals surface area contributed by atoms with Gasteiger partial charge in [0.15, 0.2) is 0 Å². The second-order valence-electron chi connectivity index (χ2n) is 6.28. The van der Waals surface area contributed by atoms with E-state index in [0.717, 1.165) is 10.4 Å². The van der Waals surface area contributed by atoms with Gasteiger partial charge in [0.2, 0.25) is 0 Å². The third kappa shape index (κ3) is 5.56. The maximum Gasteiger partial charge on any atom is 0.272 e. The summed E-state index contributed by atoms with van der Waals surface area (Å²) in [6.07, 6.45) is 1.66. The van der Waals surface area contributed by atoms with Crippen molar-refractivity contribution in [3.05, 3.63) is 87.7 Å². The van der Waals surface area contributed by atoms with Crippen molar-refractivity contribution >= 4 is 34.9 Å². The molecule has 0 unspecified atom stereocenters. The van der Waals surface area contributed by atoms with Gasteiger partial charge in [0.1, 0.15) is 11.4 Å². The van der Waals surface area contributed by atoms with E-state index in [1.165, 1.54) is 11.3 Å². The molecule has 148 valence electrons. The van der Waals surface area contributed by atoms with Gasteiger partial charge in [-0.3, -0.25) is 9.59 Å². The number of aryl methyl sites for hydroxylation is 1. The van der Waals surface area contributed by atoms with Gasteiger partial charge in [0.25, 0.3) is 11.8 Å². The lowest BCUT2D eigenvalue weighted by molar-refractivity contribution is -0.113. The molecule has 3 aromatic rings. The highest BCUT2D eigenvalue weighted by Crippen LogP contribution is 2.24. The Hall–Kier alpha value is -3.38. The van der Waals surface area contributed by atoms with Crippen molar-refractivity contribution in [2.45, 2.75) is 13.8 Å². The highest BCUT2D eigenvalue weighted by Gasteiger charge is 2.16. The van der Waals surface area contributed by atoms with Gasteiger partial charge in [-0.1, -0.05) is 35.9 Å². The number of rotatable bonds is 7. The normalized spacial score (nSPS) is 11.0. The van der Waals surface area contributed by atoms with E-state index >= 15 is 0 Å². The Morgan fingerprint density at radius 1 is 1.03 bits per heavy atom. The Kier molecular flexibility index (Phi) is 6.81. The molecule has 2 N–H and O–H groups in total. The van der Waals surface area contributed by atoms with E-state index in [1.807, 2.05) is 55.6 Å². The first kappa shape index (κ1) is 20.4. The van der Waals surface area contributed by atoms with Crippen LogP contribution in [0.5, 0.6) is 5.75 Å². The van der Waals surface area contributed by atoms with Crippen molar-refractivity contribution in [3.63, 3.8) is 0 Å². The second-order valence-corrected chi connectivity index (χ2v) is 7.26. The molecule has 0 atom stereocenters. The molecule has 0 fully saturated rings. The molecule has 29 heavy (non-hydrogen) atoms. The zero-order valence-corrected chi connectivity index (χ0v) is 17.1. The fraction of sp³-hybridized carbons (Fsp3) is 0.130. The van der Waals surface area contributed by atoms with Crippen LogP contribution < -0.4 is 15.4 Å². The first-order chi connectivity index (χ1) is 14.1. The quantitative estimate of drug-likeness (QED) is 0.551. The van der Waals surface area contributed by atoms with Gasteiger partial charge in [-0.25, -0.2) is 0 Å². The maximum absolute atomic E-state index is 13.0. The van der Waals surface area contributed by atoms with E-state index in [-0.39, 0.29) is 11.6 Å². The number of para-hydroxylation sites is 2. The summed E-state index contributed by atoms with van der Waals surface area (Å²) in [5.74, 6) is -0.198. The summed E-state index contributed by atoms with van der Waals surface area (Å²) in [6, 6.07) is 18.1. The van der Waals surface area contributed by atoms with Crippen LogP contribution in [0.3, 0.4) is 0 Å². The van der Waals surface area contributed by atoms with E-state index in [2.05, 4.69) is 10.6 Å². The second kappa shape index (κ2) is 9.71. The predicted octanol–water partition coefficient (Wildman–Crippen LogP) is 4.86. The fourth-order valence-electron chi connectivity index (χ4n) is 2.61. The molecule has 0 saturated heterocycles. The van der Waals surface area contributed by atoms with E-state index in [4.69, 9.17) is 4.74 Å². The molecule has 2 amide bonds. The molecule has 0 spiro atoms. The number of carbonyl (C=O) groups excluding carboxylic acids is 2. The number of amides is 2. The summed E-state index contributed by atoms with van der Waals surface area (Å²) in [7, 11) is 0. The Bertz CT molecular complexity index is 1010. The SMILES string of the molecule is CCOc1ccccc1NC(=O)/C(=C/c1cccs1)NC(=O)c1ccc(C)cc1. The first-order valence-electron chi connectivity index (χ1n) is 9.23. The molecule has 0 aliphatic carbocycles. The molecule has 2 aromatic carbocycles. The summed E-state index contributed by atoms with van der Waals surface area (Å²) in [5, 5.41) is 7.48. The summed E-state index contributed by atoms with van der Waals surface area (Å²) >= 11 is 1.48. The summed E-state index contributed by atoms with van der Waals surface area (Å²) in [4.78, 5) is 26.5. The van der Waals surface area contributed by atoms with Gasteiger partial charge < -0.3 is 15.4 Å². The van der Waals surface area contributed by atoms with Crippen LogP contribution in [0.4, 0.5) is 5.69 Å². The van der Waals surface area contributed by atoms with Crippen LogP contribution in [0, 0.1) is 6.92 Å². The standard InChI is InChI=1S/C23H22N2O3S/c1-3-28-21-9-5-4-8-19(21)24-23(27)20(15-18-7-6-14-29-18)25-22(26)17-12-10-16(2)11-13-17/h4-15H,3H2,1-2H3,(H,24,27)(H,25,26)/b20-15-. The molecule has 0 aliphatic rings. The number of benzene rings is 2. The summed E-state index contributed by atoms with van der Waals surface area (Å²) < 4.78 is 5.57. The Morgan fingerprint density at radius 3 is 2.48 bits per heavy atom. The van der Waals surface area contributed by atoms with Crippen molar-refractivity contribution in [1.82, 2.24) is 5.32 Å². The Labute approximate surface area is 174 Å². The molecule has 1 aromatic heterocycles. The zero-order valence-electron chi connectivity index (χ0n) is 16.3. The van der Waals surface area contributed by atoms with Crippen molar-refractivity contribution in [2.75, 3.05) is 11.9 Å². The smallest absolute Gasteiger partial charge is 0.272 e. The van der Waals surface area contributed by atoms with Crippen LogP contribution in [0.2, 0.25) is 0 Å².